The summed E-state index contributed by atoms with van der Waals surface area (Å²) in [6.45, 7) is 6.64. The van der Waals surface area contributed by atoms with E-state index < -0.39 is 5.92 Å². The zero-order chi connectivity index (χ0) is 27.2. The molecule has 1 aliphatic heterocycles. The summed E-state index contributed by atoms with van der Waals surface area (Å²) in [5, 5.41) is 5.89. The van der Waals surface area contributed by atoms with Crippen LogP contribution in [0.5, 0.6) is 5.75 Å². The second-order valence-electron chi connectivity index (χ2n) is 9.55. The van der Waals surface area contributed by atoms with Gasteiger partial charge in [0.2, 0.25) is 11.8 Å². The first-order valence-corrected chi connectivity index (χ1v) is 13.5. The average Bonchev–Trinajstić information content (AvgIpc) is 3.30. The molecule has 0 saturated carbocycles. The summed E-state index contributed by atoms with van der Waals surface area (Å²) in [5.41, 5.74) is 5.71. The Labute approximate surface area is 231 Å². The third-order valence-corrected chi connectivity index (χ3v) is 7.09. The Hall–Kier alpha value is -3.65. The van der Waals surface area contributed by atoms with Crippen molar-refractivity contribution in [3.63, 3.8) is 0 Å². The fourth-order valence-corrected chi connectivity index (χ4v) is 5.11. The van der Waals surface area contributed by atoms with Crippen LogP contribution in [0.1, 0.15) is 35.6 Å². The number of carbonyl (C=O) groups excluding carboxylic acids is 3. The summed E-state index contributed by atoms with van der Waals surface area (Å²) in [6.07, 6.45) is 0.968. The van der Waals surface area contributed by atoms with E-state index in [4.69, 9.17) is 4.74 Å². The molecule has 4 rings (SSSR count). The van der Waals surface area contributed by atoms with Crippen LogP contribution in [0.3, 0.4) is 0 Å². The zero-order valence-electron chi connectivity index (χ0n) is 21.8. The van der Waals surface area contributed by atoms with Crippen molar-refractivity contribution in [2.24, 2.45) is 5.92 Å². The summed E-state index contributed by atoms with van der Waals surface area (Å²) in [5.74, 6) is -0.345. The number of ether oxygens (including phenoxy) is 1. The SMILES string of the molecule is CCc1cc(Br)cc(C)c1NC(=O)COc1ccc(N2C[C@H](C(=O)NCc3ccc(C)cc3)CC2=O)cc1. The molecule has 0 spiro atoms. The molecule has 1 fully saturated rings. The van der Waals surface area contributed by atoms with Crippen LogP contribution < -0.4 is 20.3 Å². The molecule has 38 heavy (non-hydrogen) atoms. The van der Waals surface area contributed by atoms with Crippen LogP contribution in [-0.2, 0) is 27.3 Å². The van der Waals surface area contributed by atoms with Crippen LogP contribution in [-0.4, -0.2) is 30.9 Å². The number of amides is 3. The molecule has 3 aromatic rings. The summed E-state index contributed by atoms with van der Waals surface area (Å²) >= 11 is 3.50. The highest BCUT2D eigenvalue weighted by molar-refractivity contribution is 9.10. The molecule has 7 nitrogen and oxygen atoms in total. The van der Waals surface area contributed by atoms with Gasteiger partial charge in [-0.3, -0.25) is 14.4 Å². The number of benzene rings is 3. The normalized spacial score (nSPS) is 14.9. The predicted octanol–water partition coefficient (Wildman–Crippen LogP) is 5.32. The zero-order valence-corrected chi connectivity index (χ0v) is 23.4. The lowest BCUT2D eigenvalue weighted by molar-refractivity contribution is -0.126. The van der Waals surface area contributed by atoms with Gasteiger partial charge in [0.15, 0.2) is 6.61 Å². The molecule has 1 aliphatic rings. The highest BCUT2D eigenvalue weighted by Crippen LogP contribution is 2.28. The number of nitrogens with one attached hydrogen (secondary N) is 2. The van der Waals surface area contributed by atoms with E-state index in [9.17, 15) is 14.4 Å². The number of nitrogens with zero attached hydrogens (tertiary/aromatic N) is 1. The number of halogens is 1. The Morgan fingerprint density at radius 3 is 2.45 bits per heavy atom. The number of hydrogen-bond donors (Lipinski definition) is 2. The fourth-order valence-electron chi connectivity index (χ4n) is 4.49. The highest BCUT2D eigenvalue weighted by atomic mass is 79.9. The van der Waals surface area contributed by atoms with E-state index in [0.29, 0.717) is 24.5 Å². The molecule has 3 amide bonds. The minimum absolute atomic E-state index is 0.0925. The minimum Gasteiger partial charge on any atom is -0.484 e. The maximum absolute atomic E-state index is 12.7. The molecular weight excluding hydrogens is 546 g/mol. The van der Waals surface area contributed by atoms with Gasteiger partial charge in [-0.05, 0) is 73.4 Å². The Morgan fingerprint density at radius 2 is 1.76 bits per heavy atom. The largest absolute Gasteiger partial charge is 0.484 e. The molecule has 0 bridgehead atoms. The fraction of sp³-hybridized carbons (Fsp3) is 0.300. The van der Waals surface area contributed by atoms with E-state index >= 15 is 0 Å². The van der Waals surface area contributed by atoms with Crippen LogP contribution in [0.25, 0.3) is 0 Å². The summed E-state index contributed by atoms with van der Waals surface area (Å²) in [7, 11) is 0. The molecule has 1 heterocycles. The molecule has 0 unspecified atom stereocenters. The Morgan fingerprint density at radius 1 is 1.05 bits per heavy atom. The van der Waals surface area contributed by atoms with Crippen molar-refractivity contribution in [2.45, 2.75) is 40.2 Å². The van der Waals surface area contributed by atoms with Gasteiger partial charge >= 0.3 is 0 Å². The van der Waals surface area contributed by atoms with Gasteiger partial charge in [-0.2, -0.15) is 0 Å². The number of anilines is 2. The molecule has 2 N–H and O–H groups in total. The van der Waals surface area contributed by atoms with Gasteiger partial charge in [0.25, 0.3) is 5.91 Å². The van der Waals surface area contributed by atoms with Crippen molar-refractivity contribution in [3.05, 3.63) is 87.4 Å². The van der Waals surface area contributed by atoms with Crippen LogP contribution in [0.2, 0.25) is 0 Å². The van der Waals surface area contributed by atoms with Crippen LogP contribution >= 0.6 is 15.9 Å². The van der Waals surface area contributed by atoms with E-state index in [2.05, 4.69) is 26.6 Å². The van der Waals surface area contributed by atoms with Gasteiger partial charge in [-0.15, -0.1) is 0 Å². The number of hydrogen-bond acceptors (Lipinski definition) is 4. The number of aryl methyl sites for hydroxylation is 3. The van der Waals surface area contributed by atoms with Crippen molar-refractivity contribution < 1.29 is 19.1 Å². The van der Waals surface area contributed by atoms with Gasteiger partial charge in [-0.1, -0.05) is 52.7 Å². The average molecular weight is 579 g/mol. The standard InChI is InChI=1S/C30H32BrN3O4/c1-4-22-14-24(31)13-20(3)29(22)33-27(35)18-38-26-11-9-25(10-12-26)34-17-23(15-28(34)36)30(37)32-16-21-7-5-19(2)6-8-21/h5-14,23H,4,15-18H2,1-3H3,(H,32,37)(H,33,35)/t23-/m1/s1. The highest BCUT2D eigenvalue weighted by Gasteiger charge is 2.35. The molecule has 0 radical (unpaired) electrons. The first-order valence-electron chi connectivity index (χ1n) is 12.7. The van der Waals surface area contributed by atoms with Crippen LogP contribution in [0.15, 0.2) is 65.1 Å². The predicted molar refractivity (Wildman–Crippen MR) is 152 cm³/mol. The summed E-state index contributed by atoms with van der Waals surface area (Å²) in [4.78, 5) is 39.5. The van der Waals surface area contributed by atoms with Crippen molar-refractivity contribution in [1.82, 2.24) is 5.32 Å². The topological polar surface area (TPSA) is 87.7 Å². The van der Waals surface area contributed by atoms with Gasteiger partial charge in [-0.25, -0.2) is 0 Å². The first-order chi connectivity index (χ1) is 18.2. The maximum atomic E-state index is 12.7. The number of carbonyl (C=O) groups is 3. The molecule has 3 aromatic carbocycles. The Balaban J connectivity index is 1.29. The molecule has 198 valence electrons. The molecule has 1 saturated heterocycles. The smallest absolute Gasteiger partial charge is 0.262 e. The van der Waals surface area contributed by atoms with Gasteiger partial charge in [0.1, 0.15) is 5.75 Å². The molecule has 8 heteroatoms. The lowest BCUT2D eigenvalue weighted by Gasteiger charge is -2.17. The quantitative estimate of drug-likeness (QED) is 0.360. The lowest BCUT2D eigenvalue weighted by atomic mass is 10.1. The molecule has 0 aromatic heterocycles. The van der Waals surface area contributed by atoms with Crippen molar-refractivity contribution in [1.29, 1.82) is 0 Å². The van der Waals surface area contributed by atoms with Gasteiger partial charge in [0, 0.05) is 35.4 Å². The third-order valence-electron chi connectivity index (χ3n) is 6.63. The molecule has 1 atom stereocenters. The monoisotopic (exact) mass is 577 g/mol. The van der Waals surface area contributed by atoms with E-state index in [0.717, 1.165) is 38.8 Å². The van der Waals surface area contributed by atoms with Gasteiger partial charge in [0.05, 0.1) is 5.92 Å². The summed E-state index contributed by atoms with van der Waals surface area (Å²) in [6, 6.07) is 18.9. The number of rotatable bonds is 9. The second-order valence-corrected chi connectivity index (χ2v) is 10.5. The first kappa shape index (κ1) is 27.4. The van der Waals surface area contributed by atoms with E-state index in [1.54, 1.807) is 29.2 Å². The van der Waals surface area contributed by atoms with E-state index in [-0.39, 0.29) is 30.7 Å². The lowest BCUT2D eigenvalue weighted by Crippen LogP contribution is -2.32. The maximum Gasteiger partial charge on any atom is 0.262 e. The van der Waals surface area contributed by atoms with Crippen LogP contribution in [0.4, 0.5) is 11.4 Å². The van der Waals surface area contributed by atoms with E-state index in [1.165, 1.54) is 0 Å². The van der Waals surface area contributed by atoms with Crippen molar-refractivity contribution >= 4 is 45.0 Å². The molecular formula is C30H32BrN3O4. The Bertz CT molecular complexity index is 1320. The minimum atomic E-state index is -0.400. The van der Waals surface area contributed by atoms with Crippen molar-refractivity contribution in [3.8, 4) is 5.75 Å². The van der Waals surface area contributed by atoms with Gasteiger partial charge < -0.3 is 20.3 Å². The van der Waals surface area contributed by atoms with Crippen LogP contribution in [0, 0.1) is 19.8 Å². The van der Waals surface area contributed by atoms with Crippen molar-refractivity contribution in [2.75, 3.05) is 23.4 Å². The summed E-state index contributed by atoms with van der Waals surface area (Å²) < 4.78 is 6.65. The second kappa shape index (κ2) is 12.3. The Kier molecular flexibility index (Phi) is 8.84. The molecule has 0 aliphatic carbocycles. The third kappa shape index (κ3) is 6.81. The van der Waals surface area contributed by atoms with E-state index in [1.807, 2.05) is 57.2 Å².